The summed E-state index contributed by atoms with van der Waals surface area (Å²) in [5.74, 6) is -0.342. The van der Waals surface area contributed by atoms with Crippen molar-refractivity contribution in [3.63, 3.8) is 0 Å². The van der Waals surface area contributed by atoms with Crippen LogP contribution in [0.4, 0.5) is 0 Å². The van der Waals surface area contributed by atoms with Crippen LogP contribution in [0.25, 0.3) is 5.57 Å². The summed E-state index contributed by atoms with van der Waals surface area (Å²) in [6.07, 6.45) is 3.10. The molecule has 1 saturated carbocycles. The van der Waals surface area contributed by atoms with Crippen molar-refractivity contribution < 1.29 is 14.3 Å². The number of rotatable bonds is 5. The van der Waals surface area contributed by atoms with Crippen molar-refractivity contribution in [1.82, 2.24) is 0 Å². The van der Waals surface area contributed by atoms with Gasteiger partial charge in [-0.25, -0.2) is 4.79 Å². The van der Waals surface area contributed by atoms with Gasteiger partial charge in [-0.2, -0.15) is 0 Å². The average molecular weight is 323 g/mol. The molecular formula is C15H15BrO3. The summed E-state index contributed by atoms with van der Waals surface area (Å²) < 4.78 is 4.43. The third-order valence-electron chi connectivity index (χ3n) is 3.17. The Balaban J connectivity index is 2.30. The Morgan fingerprint density at radius 2 is 2.16 bits per heavy atom. The molecule has 100 valence electrons. The molecule has 0 heterocycles. The van der Waals surface area contributed by atoms with Crippen LogP contribution in [0.2, 0.25) is 0 Å². The van der Waals surface area contributed by atoms with E-state index in [2.05, 4.69) is 15.9 Å². The number of hydrogen-bond acceptors (Lipinski definition) is 3. The molecule has 0 spiro atoms. The molecule has 2 rings (SSSR count). The first-order valence-electron chi connectivity index (χ1n) is 6.19. The van der Waals surface area contributed by atoms with Gasteiger partial charge in [-0.15, -0.1) is 0 Å². The highest BCUT2D eigenvalue weighted by atomic mass is 79.9. The Bertz CT molecular complexity index is 509. The van der Waals surface area contributed by atoms with Crippen molar-refractivity contribution >= 4 is 33.8 Å². The molecule has 0 aliphatic heterocycles. The molecule has 1 aliphatic rings. The number of allylic oxidation sites excluding steroid dienone is 1. The molecule has 19 heavy (non-hydrogen) atoms. The van der Waals surface area contributed by atoms with Gasteiger partial charge in [0.15, 0.2) is 0 Å². The van der Waals surface area contributed by atoms with Gasteiger partial charge in [0.2, 0.25) is 0 Å². The SMILES string of the molecule is CCOC(=O)/C=C(\c1ccccc1)[C@@H]1C[C@@]1(Br)C=O. The zero-order valence-electron chi connectivity index (χ0n) is 10.6. The molecule has 1 aromatic carbocycles. The van der Waals surface area contributed by atoms with Gasteiger partial charge in [-0.1, -0.05) is 46.3 Å². The quantitative estimate of drug-likeness (QED) is 0.362. The Hall–Kier alpha value is -1.42. The summed E-state index contributed by atoms with van der Waals surface area (Å²) in [5.41, 5.74) is 1.80. The normalized spacial score (nSPS) is 25.8. The molecule has 0 amide bonds. The first-order chi connectivity index (χ1) is 9.10. The molecule has 0 bridgehead atoms. The minimum absolute atomic E-state index is 0.0248. The lowest BCUT2D eigenvalue weighted by molar-refractivity contribution is -0.137. The van der Waals surface area contributed by atoms with Crippen LogP contribution in [0.5, 0.6) is 0 Å². The lowest BCUT2D eigenvalue weighted by atomic mass is 10.00. The van der Waals surface area contributed by atoms with Gasteiger partial charge in [0.05, 0.1) is 10.9 Å². The van der Waals surface area contributed by atoms with E-state index >= 15 is 0 Å². The van der Waals surface area contributed by atoms with E-state index in [0.717, 1.165) is 17.4 Å². The van der Waals surface area contributed by atoms with E-state index in [-0.39, 0.29) is 11.9 Å². The van der Waals surface area contributed by atoms with Gasteiger partial charge in [0, 0.05) is 12.0 Å². The summed E-state index contributed by atoms with van der Waals surface area (Å²) in [5, 5.41) is 0. The van der Waals surface area contributed by atoms with Gasteiger partial charge in [0.25, 0.3) is 0 Å². The number of alkyl halides is 1. The molecule has 2 atom stereocenters. The van der Waals surface area contributed by atoms with Crippen molar-refractivity contribution in [2.24, 2.45) is 5.92 Å². The fraction of sp³-hybridized carbons (Fsp3) is 0.333. The van der Waals surface area contributed by atoms with E-state index in [0.29, 0.717) is 13.0 Å². The number of carbonyl (C=O) groups is 2. The Kier molecular flexibility index (Phi) is 4.20. The molecule has 3 nitrogen and oxygen atoms in total. The lowest BCUT2D eigenvalue weighted by Crippen LogP contribution is -2.07. The molecule has 4 heteroatoms. The highest BCUT2D eigenvalue weighted by Gasteiger charge is 2.54. The van der Waals surface area contributed by atoms with Crippen LogP contribution >= 0.6 is 15.9 Å². The minimum Gasteiger partial charge on any atom is -0.463 e. The second kappa shape index (κ2) is 5.70. The van der Waals surface area contributed by atoms with Crippen molar-refractivity contribution in [3.05, 3.63) is 42.0 Å². The molecule has 1 aromatic rings. The maximum atomic E-state index is 11.7. The number of aldehydes is 1. The van der Waals surface area contributed by atoms with Crippen LogP contribution in [0.1, 0.15) is 18.9 Å². The molecule has 0 unspecified atom stereocenters. The van der Waals surface area contributed by atoms with E-state index < -0.39 is 4.32 Å². The fourth-order valence-electron chi connectivity index (χ4n) is 2.08. The number of esters is 1. The summed E-state index contributed by atoms with van der Waals surface area (Å²) in [6, 6.07) is 9.60. The Morgan fingerprint density at radius 3 is 2.68 bits per heavy atom. The zero-order chi connectivity index (χ0) is 13.9. The molecule has 1 fully saturated rings. The average Bonchev–Trinajstić information content (AvgIpc) is 3.10. The van der Waals surface area contributed by atoms with Crippen LogP contribution in [0.15, 0.2) is 36.4 Å². The number of ether oxygens (including phenoxy) is 1. The minimum atomic E-state index is -0.527. The first kappa shape index (κ1) is 14.0. The number of halogens is 1. The van der Waals surface area contributed by atoms with Gasteiger partial charge in [0.1, 0.15) is 6.29 Å². The molecule has 0 saturated heterocycles. The molecule has 1 aliphatic carbocycles. The van der Waals surface area contributed by atoms with Gasteiger partial charge in [-0.05, 0) is 24.5 Å². The van der Waals surface area contributed by atoms with E-state index in [4.69, 9.17) is 4.74 Å². The van der Waals surface area contributed by atoms with Crippen LogP contribution < -0.4 is 0 Å². The van der Waals surface area contributed by atoms with E-state index in [1.807, 2.05) is 30.3 Å². The number of carbonyl (C=O) groups excluding carboxylic acids is 2. The van der Waals surface area contributed by atoms with Crippen molar-refractivity contribution in [2.75, 3.05) is 6.61 Å². The lowest BCUT2D eigenvalue weighted by Gasteiger charge is -2.08. The predicted molar refractivity (Wildman–Crippen MR) is 76.9 cm³/mol. The van der Waals surface area contributed by atoms with E-state index in [1.54, 1.807) is 6.92 Å². The van der Waals surface area contributed by atoms with Gasteiger partial charge >= 0.3 is 5.97 Å². The largest absolute Gasteiger partial charge is 0.463 e. The fourth-order valence-corrected chi connectivity index (χ4v) is 2.65. The first-order valence-corrected chi connectivity index (χ1v) is 6.99. The molecular weight excluding hydrogens is 308 g/mol. The third kappa shape index (κ3) is 3.13. The summed E-state index contributed by atoms with van der Waals surface area (Å²) in [6.45, 7) is 2.11. The van der Waals surface area contributed by atoms with Crippen LogP contribution in [-0.4, -0.2) is 23.2 Å². The Labute approximate surface area is 120 Å². The van der Waals surface area contributed by atoms with Crippen LogP contribution in [0.3, 0.4) is 0 Å². The van der Waals surface area contributed by atoms with E-state index in [1.165, 1.54) is 6.08 Å². The van der Waals surface area contributed by atoms with Gasteiger partial charge in [-0.3, -0.25) is 0 Å². The topological polar surface area (TPSA) is 43.4 Å². The van der Waals surface area contributed by atoms with Crippen LogP contribution in [-0.2, 0) is 14.3 Å². The Morgan fingerprint density at radius 1 is 1.47 bits per heavy atom. The van der Waals surface area contributed by atoms with E-state index in [9.17, 15) is 9.59 Å². The molecule has 0 aromatic heterocycles. The monoisotopic (exact) mass is 322 g/mol. The molecule has 0 N–H and O–H groups in total. The summed E-state index contributed by atoms with van der Waals surface area (Å²) in [7, 11) is 0. The van der Waals surface area contributed by atoms with Crippen LogP contribution in [0, 0.1) is 5.92 Å². The smallest absolute Gasteiger partial charge is 0.331 e. The highest BCUT2D eigenvalue weighted by Crippen LogP contribution is 2.56. The maximum absolute atomic E-state index is 11.7. The van der Waals surface area contributed by atoms with Gasteiger partial charge < -0.3 is 9.53 Å². The van der Waals surface area contributed by atoms with Crippen molar-refractivity contribution in [2.45, 2.75) is 17.7 Å². The number of benzene rings is 1. The number of hydrogen-bond donors (Lipinski definition) is 0. The maximum Gasteiger partial charge on any atom is 0.331 e. The summed E-state index contributed by atoms with van der Waals surface area (Å²) >= 11 is 3.42. The third-order valence-corrected chi connectivity index (χ3v) is 4.24. The molecule has 0 radical (unpaired) electrons. The zero-order valence-corrected chi connectivity index (χ0v) is 12.2. The second-order valence-electron chi connectivity index (χ2n) is 4.52. The highest BCUT2D eigenvalue weighted by molar-refractivity contribution is 9.10. The van der Waals surface area contributed by atoms with Crippen molar-refractivity contribution in [3.8, 4) is 0 Å². The van der Waals surface area contributed by atoms with Crippen molar-refractivity contribution in [1.29, 1.82) is 0 Å². The standard InChI is InChI=1S/C15H15BrO3/c1-2-19-14(18)8-12(11-6-4-3-5-7-11)13-9-15(13,16)10-17/h3-8,10,13H,2,9H2,1H3/b12-8+/t13-,15+/m0/s1. The predicted octanol–water partition coefficient (Wildman–Crippen LogP) is 2.99. The summed E-state index contributed by atoms with van der Waals surface area (Å²) in [4.78, 5) is 22.7. The second-order valence-corrected chi connectivity index (χ2v) is 6.00.